The van der Waals surface area contributed by atoms with Gasteiger partial charge in [0.25, 0.3) is 0 Å². The predicted octanol–water partition coefficient (Wildman–Crippen LogP) is 2.41. The first kappa shape index (κ1) is 8.51. The van der Waals surface area contributed by atoms with Gasteiger partial charge in [-0.25, -0.2) is 9.67 Å². The number of rotatable bonds is 1. The van der Waals surface area contributed by atoms with Gasteiger partial charge in [-0.15, -0.1) is 0 Å². The Balaban J connectivity index is 2.82. The zero-order chi connectivity index (χ0) is 9.42. The Hall–Kier alpha value is -1.09. The van der Waals surface area contributed by atoms with Crippen molar-refractivity contribution in [2.75, 3.05) is 0 Å². The van der Waals surface area contributed by atoms with Crippen molar-refractivity contribution in [3.63, 3.8) is 0 Å². The maximum atomic E-state index is 6.04. The zero-order valence-corrected chi connectivity index (χ0v) is 8.34. The number of hydrogen-bond donors (Lipinski definition) is 0. The summed E-state index contributed by atoms with van der Waals surface area (Å²) in [5, 5.41) is 5.83. The lowest BCUT2D eigenvalue weighted by Gasteiger charge is -1.99. The Labute approximate surface area is 81.3 Å². The molecule has 0 spiro atoms. The first-order valence-corrected chi connectivity index (χ1v) is 4.59. The number of halogens is 1. The fourth-order valence-corrected chi connectivity index (χ4v) is 1.65. The molecule has 0 amide bonds. The van der Waals surface area contributed by atoms with Gasteiger partial charge in [0, 0.05) is 12.2 Å². The molecule has 0 aliphatic heterocycles. The summed E-state index contributed by atoms with van der Waals surface area (Å²) in [4.78, 5) is 4.38. The second-order valence-corrected chi connectivity index (χ2v) is 3.35. The highest BCUT2D eigenvalue weighted by Gasteiger charge is 2.06. The lowest BCUT2D eigenvalue weighted by atomic mass is 10.3. The van der Waals surface area contributed by atoms with Crippen LogP contribution in [0, 0.1) is 6.92 Å². The normalized spacial score (nSPS) is 11.0. The van der Waals surface area contributed by atoms with Gasteiger partial charge in [0.2, 0.25) is 0 Å². The van der Waals surface area contributed by atoms with Gasteiger partial charge in [-0.05, 0) is 19.9 Å². The van der Waals surface area contributed by atoms with Crippen molar-refractivity contribution >= 4 is 22.6 Å². The fraction of sp³-hybridized carbons (Fsp3) is 0.333. The van der Waals surface area contributed by atoms with Crippen LogP contribution in [0.3, 0.4) is 0 Å². The fourth-order valence-electron chi connectivity index (χ4n) is 1.36. The van der Waals surface area contributed by atoms with Crippen LogP contribution in [0.2, 0.25) is 5.02 Å². The number of pyridine rings is 1. The van der Waals surface area contributed by atoms with Gasteiger partial charge < -0.3 is 0 Å². The van der Waals surface area contributed by atoms with E-state index in [-0.39, 0.29) is 0 Å². The van der Waals surface area contributed by atoms with Crippen molar-refractivity contribution < 1.29 is 0 Å². The molecule has 0 aliphatic carbocycles. The van der Waals surface area contributed by atoms with Gasteiger partial charge in [0.05, 0.1) is 16.6 Å². The number of aryl methyl sites for hydroxylation is 2. The van der Waals surface area contributed by atoms with Crippen LogP contribution in [-0.4, -0.2) is 14.8 Å². The molecule has 2 rings (SSSR count). The highest BCUT2D eigenvalue weighted by Crippen LogP contribution is 2.22. The monoisotopic (exact) mass is 195 g/mol. The summed E-state index contributed by atoms with van der Waals surface area (Å²) < 4.78 is 1.84. The minimum atomic E-state index is 0.724. The molecular formula is C9H10ClN3. The number of fused-ring (bicyclic) bond motifs is 1. The van der Waals surface area contributed by atoms with Crippen LogP contribution in [0.4, 0.5) is 0 Å². The molecule has 2 heterocycles. The van der Waals surface area contributed by atoms with E-state index >= 15 is 0 Å². The summed E-state index contributed by atoms with van der Waals surface area (Å²) in [6, 6.07) is 1.85. The SMILES string of the molecule is CCn1ncc2c(Cl)cc(C)nc21. The van der Waals surface area contributed by atoms with E-state index in [4.69, 9.17) is 11.6 Å². The number of aromatic nitrogens is 3. The third-order valence-corrected chi connectivity index (χ3v) is 2.30. The van der Waals surface area contributed by atoms with Gasteiger partial charge in [-0.1, -0.05) is 11.6 Å². The molecule has 0 aliphatic rings. The van der Waals surface area contributed by atoms with Crippen molar-refractivity contribution in [3.8, 4) is 0 Å². The summed E-state index contributed by atoms with van der Waals surface area (Å²) in [7, 11) is 0. The molecule has 2 aromatic rings. The summed E-state index contributed by atoms with van der Waals surface area (Å²) in [5.74, 6) is 0. The molecule has 0 atom stereocenters. The third-order valence-electron chi connectivity index (χ3n) is 1.99. The molecule has 13 heavy (non-hydrogen) atoms. The Kier molecular flexibility index (Phi) is 1.96. The first-order valence-electron chi connectivity index (χ1n) is 4.21. The van der Waals surface area contributed by atoms with Crippen molar-refractivity contribution in [1.82, 2.24) is 14.8 Å². The summed E-state index contributed by atoms with van der Waals surface area (Å²) in [6.45, 7) is 4.78. The van der Waals surface area contributed by atoms with Crippen LogP contribution < -0.4 is 0 Å². The maximum absolute atomic E-state index is 6.04. The van der Waals surface area contributed by atoms with Crippen LogP contribution in [0.25, 0.3) is 11.0 Å². The van der Waals surface area contributed by atoms with Crippen molar-refractivity contribution in [2.45, 2.75) is 20.4 Å². The Morgan fingerprint density at radius 3 is 3.00 bits per heavy atom. The first-order chi connectivity index (χ1) is 6.22. The summed E-state index contributed by atoms with van der Waals surface area (Å²) in [6.07, 6.45) is 1.76. The third kappa shape index (κ3) is 1.29. The molecule has 2 aromatic heterocycles. The van der Waals surface area contributed by atoms with Crippen LogP contribution >= 0.6 is 11.6 Å². The minimum Gasteiger partial charge on any atom is -0.248 e. The van der Waals surface area contributed by atoms with Crippen molar-refractivity contribution in [3.05, 3.63) is 23.0 Å². The van der Waals surface area contributed by atoms with Gasteiger partial charge in [0.1, 0.15) is 0 Å². The van der Waals surface area contributed by atoms with Crippen LogP contribution in [0.5, 0.6) is 0 Å². The van der Waals surface area contributed by atoms with E-state index in [9.17, 15) is 0 Å². The highest BCUT2D eigenvalue weighted by molar-refractivity contribution is 6.35. The smallest absolute Gasteiger partial charge is 0.159 e. The van der Waals surface area contributed by atoms with E-state index in [1.165, 1.54) is 0 Å². The Morgan fingerprint density at radius 2 is 2.31 bits per heavy atom. The van der Waals surface area contributed by atoms with E-state index in [2.05, 4.69) is 10.1 Å². The highest BCUT2D eigenvalue weighted by atomic mass is 35.5. The average Bonchev–Trinajstić information content (AvgIpc) is 2.47. The molecule has 0 saturated carbocycles. The van der Waals surface area contributed by atoms with Gasteiger partial charge in [-0.2, -0.15) is 5.10 Å². The molecule has 0 saturated heterocycles. The lowest BCUT2D eigenvalue weighted by Crippen LogP contribution is -1.97. The van der Waals surface area contributed by atoms with Crippen molar-refractivity contribution in [2.24, 2.45) is 0 Å². The molecule has 0 fully saturated rings. The van der Waals surface area contributed by atoms with E-state index in [1.54, 1.807) is 6.20 Å². The number of nitrogens with zero attached hydrogens (tertiary/aromatic N) is 3. The van der Waals surface area contributed by atoms with Crippen LogP contribution in [0.1, 0.15) is 12.6 Å². The Bertz CT molecular complexity index is 447. The summed E-state index contributed by atoms with van der Waals surface area (Å²) in [5.41, 5.74) is 1.79. The molecule has 4 heteroatoms. The second-order valence-electron chi connectivity index (χ2n) is 2.94. The predicted molar refractivity (Wildman–Crippen MR) is 52.9 cm³/mol. The molecule has 0 N–H and O–H groups in total. The van der Waals surface area contributed by atoms with Gasteiger partial charge >= 0.3 is 0 Å². The minimum absolute atomic E-state index is 0.724. The van der Waals surface area contributed by atoms with Crippen LogP contribution in [-0.2, 0) is 6.54 Å². The average molecular weight is 196 g/mol. The molecule has 0 aromatic carbocycles. The number of hydrogen-bond acceptors (Lipinski definition) is 2. The van der Waals surface area contributed by atoms with E-state index in [1.807, 2.05) is 24.6 Å². The van der Waals surface area contributed by atoms with Crippen molar-refractivity contribution in [1.29, 1.82) is 0 Å². The van der Waals surface area contributed by atoms with E-state index in [0.717, 1.165) is 28.3 Å². The molecular weight excluding hydrogens is 186 g/mol. The molecule has 0 bridgehead atoms. The molecule has 68 valence electrons. The quantitative estimate of drug-likeness (QED) is 0.700. The Morgan fingerprint density at radius 1 is 1.54 bits per heavy atom. The molecule has 3 nitrogen and oxygen atoms in total. The standard InChI is InChI=1S/C9H10ClN3/c1-3-13-9-7(5-11-13)8(10)4-6(2)12-9/h4-5H,3H2,1-2H3. The van der Waals surface area contributed by atoms with Crippen LogP contribution in [0.15, 0.2) is 12.3 Å². The molecule has 0 radical (unpaired) electrons. The second kappa shape index (κ2) is 3.00. The zero-order valence-electron chi connectivity index (χ0n) is 7.58. The largest absolute Gasteiger partial charge is 0.248 e. The lowest BCUT2D eigenvalue weighted by molar-refractivity contribution is 0.676. The topological polar surface area (TPSA) is 30.7 Å². The maximum Gasteiger partial charge on any atom is 0.159 e. The van der Waals surface area contributed by atoms with E-state index < -0.39 is 0 Å². The van der Waals surface area contributed by atoms with Gasteiger partial charge in [-0.3, -0.25) is 0 Å². The molecule has 0 unspecified atom stereocenters. The van der Waals surface area contributed by atoms with E-state index in [0.29, 0.717) is 0 Å². The summed E-state index contributed by atoms with van der Waals surface area (Å²) >= 11 is 6.04. The van der Waals surface area contributed by atoms with Gasteiger partial charge in [0.15, 0.2) is 5.65 Å².